The topological polar surface area (TPSA) is 94.9 Å². The Morgan fingerprint density at radius 1 is 1.08 bits per heavy atom. The summed E-state index contributed by atoms with van der Waals surface area (Å²) in [6.45, 7) is 10.4. The number of nitrogens with one attached hydrogen (secondary N) is 1. The van der Waals surface area contributed by atoms with E-state index in [0.717, 1.165) is 29.6 Å². The first-order valence-corrected chi connectivity index (χ1v) is 12.3. The first kappa shape index (κ1) is 25.3. The quantitative estimate of drug-likeness (QED) is 0.485. The normalized spacial score (nSPS) is 14.7. The molecule has 4 rings (SSSR count). The fourth-order valence-corrected chi connectivity index (χ4v) is 4.04. The van der Waals surface area contributed by atoms with Crippen molar-refractivity contribution in [2.75, 3.05) is 18.4 Å². The van der Waals surface area contributed by atoms with Crippen molar-refractivity contribution in [3.05, 3.63) is 48.8 Å². The van der Waals surface area contributed by atoms with E-state index in [1.807, 2.05) is 81.8 Å². The summed E-state index contributed by atoms with van der Waals surface area (Å²) < 4.78 is 18.7. The van der Waals surface area contributed by atoms with Gasteiger partial charge in [-0.3, -0.25) is 5.32 Å². The molecule has 0 radical (unpaired) electrons. The third-order valence-electron chi connectivity index (χ3n) is 5.64. The second kappa shape index (κ2) is 10.5. The Morgan fingerprint density at radius 2 is 1.83 bits per heavy atom. The van der Waals surface area contributed by atoms with E-state index >= 15 is 0 Å². The van der Waals surface area contributed by atoms with Crippen LogP contribution in [0.15, 0.2) is 48.8 Å². The maximum atomic E-state index is 12.3. The average Bonchev–Trinajstić information content (AvgIpc) is 3.21. The Bertz CT molecular complexity index is 1210. The van der Waals surface area contributed by atoms with Crippen molar-refractivity contribution in [3.8, 4) is 11.6 Å². The van der Waals surface area contributed by atoms with Crippen molar-refractivity contribution < 1.29 is 23.8 Å². The molecule has 36 heavy (non-hydrogen) atoms. The fraction of sp³-hybridized carbons (Fsp3) is 0.444. The molecule has 192 valence electrons. The SMILES string of the molecule is CC(C)OC(=O)Nc1ccc2c(ccn2-c2ccc(OC3CCN(C(=O)OC(C)(C)C)CC3)cn2)c1. The Kier molecular flexibility index (Phi) is 7.37. The van der Waals surface area contributed by atoms with Crippen LogP contribution in [0.3, 0.4) is 0 Å². The Labute approximate surface area is 211 Å². The molecular formula is C27H34N4O5. The first-order chi connectivity index (χ1) is 17.1. The van der Waals surface area contributed by atoms with Crippen LogP contribution in [-0.4, -0.2) is 57.5 Å². The Hall–Kier alpha value is -3.75. The molecule has 0 aliphatic carbocycles. The van der Waals surface area contributed by atoms with Gasteiger partial charge in [-0.1, -0.05) is 0 Å². The maximum Gasteiger partial charge on any atom is 0.411 e. The third kappa shape index (κ3) is 6.47. The molecule has 0 bridgehead atoms. The van der Waals surface area contributed by atoms with E-state index < -0.39 is 11.7 Å². The zero-order valence-corrected chi connectivity index (χ0v) is 21.5. The van der Waals surface area contributed by atoms with Gasteiger partial charge in [-0.15, -0.1) is 0 Å². The van der Waals surface area contributed by atoms with Crippen LogP contribution in [-0.2, 0) is 9.47 Å². The molecule has 0 spiro atoms. The number of pyridine rings is 1. The molecule has 1 aromatic carbocycles. The zero-order chi connectivity index (χ0) is 25.9. The van der Waals surface area contributed by atoms with Gasteiger partial charge in [0.05, 0.1) is 17.8 Å². The molecule has 1 aliphatic rings. The number of amides is 2. The molecule has 2 amide bonds. The van der Waals surface area contributed by atoms with Crippen LogP contribution in [0.25, 0.3) is 16.7 Å². The van der Waals surface area contributed by atoms with E-state index in [1.54, 1.807) is 11.1 Å². The number of fused-ring (bicyclic) bond motifs is 1. The van der Waals surface area contributed by atoms with Crippen molar-refractivity contribution in [2.24, 2.45) is 0 Å². The smallest absolute Gasteiger partial charge is 0.411 e. The van der Waals surface area contributed by atoms with Crippen LogP contribution in [0.5, 0.6) is 5.75 Å². The van der Waals surface area contributed by atoms with Crippen molar-refractivity contribution in [1.82, 2.24) is 14.5 Å². The molecule has 0 unspecified atom stereocenters. The summed E-state index contributed by atoms with van der Waals surface area (Å²) in [4.78, 5) is 30.4. The van der Waals surface area contributed by atoms with Crippen molar-refractivity contribution in [3.63, 3.8) is 0 Å². The molecule has 0 saturated carbocycles. The standard InChI is InChI=1S/C27H34N4O5/c1-18(2)34-25(32)29-20-6-8-23-19(16-20)10-15-31(23)24-9-7-22(17-28-24)35-21-11-13-30(14-12-21)26(33)36-27(3,4)5/h6-10,15-18,21H,11-14H2,1-5H3,(H,29,32). The minimum Gasteiger partial charge on any atom is -0.489 e. The molecule has 1 fully saturated rings. The van der Waals surface area contributed by atoms with E-state index in [2.05, 4.69) is 10.3 Å². The summed E-state index contributed by atoms with van der Waals surface area (Å²) in [6.07, 6.45) is 4.24. The highest BCUT2D eigenvalue weighted by Gasteiger charge is 2.27. The number of piperidine rings is 1. The number of benzene rings is 1. The molecular weight excluding hydrogens is 460 g/mol. The Morgan fingerprint density at radius 3 is 2.47 bits per heavy atom. The summed E-state index contributed by atoms with van der Waals surface area (Å²) in [5, 5.41) is 3.72. The number of aromatic nitrogens is 2. The van der Waals surface area contributed by atoms with E-state index in [9.17, 15) is 9.59 Å². The molecule has 1 aliphatic heterocycles. The van der Waals surface area contributed by atoms with Gasteiger partial charge in [0.25, 0.3) is 0 Å². The second-order valence-electron chi connectivity index (χ2n) is 10.2. The van der Waals surface area contributed by atoms with Crippen LogP contribution in [0.4, 0.5) is 15.3 Å². The number of anilines is 1. The van der Waals surface area contributed by atoms with Gasteiger partial charge in [-0.25, -0.2) is 14.6 Å². The molecule has 3 aromatic rings. The molecule has 1 N–H and O–H groups in total. The van der Waals surface area contributed by atoms with Gasteiger partial charge >= 0.3 is 12.2 Å². The minimum absolute atomic E-state index is 0.0250. The van der Waals surface area contributed by atoms with Crippen LogP contribution in [0, 0.1) is 0 Å². The average molecular weight is 495 g/mol. The molecule has 3 heterocycles. The second-order valence-corrected chi connectivity index (χ2v) is 10.2. The van der Waals surface area contributed by atoms with Gasteiger partial charge in [0, 0.05) is 43.2 Å². The molecule has 9 nitrogen and oxygen atoms in total. The lowest BCUT2D eigenvalue weighted by molar-refractivity contribution is 0.0126. The highest BCUT2D eigenvalue weighted by molar-refractivity contribution is 5.91. The van der Waals surface area contributed by atoms with E-state index in [1.165, 1.54) is 0 Å². The van der Waals surface area contributed by atoms with Gasteiger partial charge in [-0.2, -0.15) is 0 Å². The third-order valence-corrected chi connectivity index (χ3v) is 5.64. The van der Waals surface area contributed by atoms with Crippen molar-refractivity contribution in [1.29, 1.82) is 0 Å². The number of likely N-dealkylation sites (tertiary alicyclic amines) is 1. The molecule has 0 atom stereocenters. The summed E-state index contributed by atoms with van der Waals surface area (Å²) in [6, 6.07) is 11.5. The summed E-state index contributed by atoms with van der Waals surface area (Å²) >= 11 is 0. The Balaban J connectivity index is 1.35. The monoisotopic (exact) mass is 494 g/mol. The van der Waals surface area contributed by atoms with Crippen LogP contribution in [0.2, 0.25) is 0 Å². The van der Waals surface area contributed by atoms with E-state index in [4.69, 9.17) is 14.2 Å². The van der Waals surface area contributed by atoms with Crippen molar-refractivity contribution in [2.45, 2.75) is 65.3 Å². The van der Waals surface area contributed by atoms with Gasteiger partial charge in [0.15, 0.2) is 0 Å². The van der Waals surface area contributed by atoms with Gasteiger partial charge in [0.2, 0.25) is 0 Å². The zero-order valence-electron chi connectivity index (χ0n) is 21.5. The molecule has 2 aromatic heterocycles. The predicted molar refractivity (Wildman–Crippen MR) is 138 cm³/mol. The lowest BCUT2D eigenvalue weighted by Gasteiger charge is -2.33. The minimum atomic E-state index is -0.497. The van der Waals surface area contributed by atoms with Gasteiger partial charge < -0.3 is 23.7 Å². The fourth-order valence-electron chi connectivity index (χ4n) is 4.04. The van der Waals surface area contributed by atoms with Gasteiger partial charge in [-0.05, 0) is 71.0 Å². The first-order valence-electron chi connectivity index (χ1n) is 12.3. The number of hydrogen-bond donors (Lipinski definition) is 1. The maximum absolute atomic E-state index is 12.3. The van der Waals surface area contributed by atoms with Crippen LogP contribution >= 0.6 is 0 Å². The summed E-state index contributed by atoms with van der Waals surface area (Å²) in [5.74, 6) is 1.46. The largest absolute Gasteiger partial charge is 0.489 e. The van der Waals surface area contributed by atoms with E-state index in [-0.39, 0.29) is 18.3 Å². The van der Waals surface area contributed by atoms with Crippen molar-refractivity contribution >= 4 is 28.8 Å². The predicted octanol–water partition coefficient (Wildman–Crippen LogP) is 5.76. The highest BCUT2D eigenvalue weighted by Crippen LogP contribution is 2.25. The number of ether oxygens (including phenoxy) is 3. The number of rotatable bonds is 5. The molecule has 9 heteroatoms. The lowest BCUT2D eigenvalue weighted by Crippen LogP contribution is -2.44. The summed E-state index contributed by atoms with van der Waals surface area (Å²) in [5.41, 5.74) is 1.14. The number of carbonyl (C=O) groups is 2. The number of hydrogen-bond acceptors (Lipinski definition) is 6. The number of nitrogens with zero attached hydrogens (tertiary/aromatic N) is 3. The van der Waals surface area contributed by atoms with Gasteiger partial charge in [0.1, 0.15) is 23.3 Å². The lowest BCUT2D eigenvalue weighted by atomic mass is 10.1. The van der Waals surface area contributed by atoms with E-state index in [0.29, 0.717) is 24.5 Å². The number of carbonyl (C=O) groups excluding carboxylic acids is 2. The van der Waals surface area contributed by atoms with Crippen LogP contribution < -0.4 is 10.1 Å². The molecule has 1 saturated heterocycles. The summed E-state index contributed by atoms with van der Waals surface area (Å²) in [7, 11) is 0. The highest BCUT2D eigenvalue weighted by atomic mass is 16.6. The van der Waals surface area contributed by atoms with Crippen LogP contribution in [0.1, 0.15) is 47.5 Å².